The van der Waals surface area contributed by atoms with Crippen LogP contribution in [-0.4, -0.2) is 19.4 Å². The highest BCUT2D eigenvalue weighted by molar-refractivity contribution is 9.10. The van der Waals surface area contributed by atoms with E-state index in [-0.39, 0.29) is 0 Å². The SMILES string of the molecule is COc1cc(/C=N/NC(N)=O)c(Br)cc1OCc1ccc(Br)cc1. The molecule has 24 heavy (non-hydrogen) atoms. The summed E-state index contributed by atoms with van der Waals surface area (Å²) >= 11 is 6.83. The highest BCUT2D eigenvalue weighted by atomic mass is 79.9. The number of primary amides is 1. The minimum absolute atomic E-state index is 0.409. The van der Waals surface area contributed by atoms with Crippen molar-refractivity contribution in [3.63, 3.8) is 0 Å². The summed E-state index contributed by atoms with van der Waals surface area (Å²) in [6.45, 7) is 0.409. The molecule has 0 radical (unpaired) electrons. The van der Waals surface area contributed by atoms with Gasteiger partial charge in [0.1, 0.15) is 6.61 Å². The number of hydrogen-bond donors (Lipinski definition) is 2. The Morgan fingerprint density at radius 3 is 2.58 bits per heavy atom. The molecule has 0 unspecified atom stereocenters. The third kappa shape index (κ3) is 5.24. The molecule has 0 fully saturated rings. The minimum atomic E-state index is -0.733. The van der Waals surface area contributed by atoms with Gasteiger partial charge in [-0.15, -0.1) is 0 Å². The number of methoxy groups -OCH3 is 1. The van der Waals surface area contributed by atoms with Crippen LogP contribution in [0.15, 0.2) is 50.4 Å². The molecule has 0 atom stereocenters. The van der Waals surface area contributed by atoms with Crippen LogP contribution in [-0.2, 0) is 6.61 Å². The Kier molecular flexibility index (Phi) is 6.62. The minimum Gasteiger partial charge on any atom is -0.493 e. The average Bonchev–Trinajstić information content (AvgIpc) is 2.55. The third-order valence-electron chi connectivity index (χ3n) is 2.97. The van der Waals surface area contributed by atoms with Crippen LogP contribution >= 0.6 is 31.9 Å². The highest BCUT2D eigenvalue weighted by Crippen LogP contribution is 2.33. The van der Waals surface area contributed by atoms with Gasteiger partial charge in [0.05, 0.1) is 13.3 Å². The second-order valence-corrected chi connectivity index (χ2v) is 6.44. The lowest BCUT2D eigenvalue weighted by molar-refractivity contribution is 0.249. The van der Waals surface area contributed by atoms with Gasteiger partial charge in [-0.1, -0.05) is 28.1 Å². The molecule has 0 spiro atoms. The Bertz CT molecular complexity index is 749. The molecule has 0 bridgehead atoms. The largest absolute Gasteiger partial charge is 0.493 e. The number of amides is 2. The molecule has 8 heteroatoms. The van der Waals surface area contributed by atoms with Gasteiger partial charge in [-0.3, -0.25) is 0 Å². The van der Waals surface area contributed by atoms with Crippen LogP contribution in [0.2, 0.25) is 0 Å². The first-order chi connectivity index (χ1) is 11.5. The van der Waals surface area contributed by atoms with E-state index in [2.05, 4.69) is 42.4 Å². The van der Waals surface area contributed by atoms with Crippen LogP contribution in [0.25, 0.3) is 0 Å². The summed E-state index contributed by atoms with van der Waals surface area (Å²) in [6, 6.07) is 10.7. The molecule has 2 rings (SSSR count). The number of nitrogens with two attached hydrogens (primary N) is 1. The quantitative estimate of drug-likeness (QED) is 0.512. The maximum Gasteiger partial charge on any atom is 0.332 e. The number of hydrazone groups is 1. The van der Waals surface area contributed by atoms with E-state index in [1.165, 1.54) is 6.21 Å². The van der Waals surface area contributed by atoms with E-state index in [1.807, 2.05) is 24.3 Å². The number of urea groups is 1. The zero-order valence-corrected chi connectivity index (χ0v) is 15.9. The van der Waals surface area contributed by atoms with Gasteiger partial charge < -0.3 is 15.2 Å². The molecule has 0 aliphatic carbocycles. The van der Waals surface area contributed by atoms with Crippen LogP contribution in [0.1, 0.15) is 11.1 Å². The maximum absolute atomic E-state index is 10.6. The van der Waals surface area contributed by atoms with Crippen molar-refractivity contribution >= 4 is 44.1 Å². The summed E-state index contributed by atoms with van der Waals surface area (Å²) in [4.78, 5) is 10.6. The van der Waals surface area contributed by atoms with E-state index in [4.69, 9.17) is 15.2 Å². The predicted octanol–water partition coefficient (Wildman–Crippen LogP) is 3.80. The number of nitrogens with zero attached hydrogens (tertiary/aromatic N) is 1. The summed E-state index contributed by atoms with van der Waals surface area (Å²) in [7, 11) is 1.55. The van der Waals surface area contributed by atoms with Crippen LogP contribution in [0.5, 0.6) is 11.5 Å². The van der Waals surface area contributed by atoms with Gasteiger partial charge in [0.15, 0.2) is 11.5 Å². The van der Waals surface area contributed by atoms with Crippen molar-refractivity contribution in [2.45, 2.75) is 6.61 Å². The van der Waals surface area contributed by atoms with Gasteiger partial charge in [0.2, 0.25) is 0 Å². The number of carbonyl (C=O) groups is 1. The van der Waals surface area contributed by atoms with E-state index >= 15 is 0 Å². The molecule has 0 aromatic heterocycles. The maximum atomic E-state index is 10.6. The Labute approximate surface area is 156 Å². The molecule has 126 valence electrons. The zero-order valence-electron chi connectivity index (χ0n) is 12.8. The standard InChI is InChI=1S/C16H15Br2N3O3/c1-23-14-6-11(8-20-21-16(19)22)13(18)7-15(14)24-9-10-2-4-12(17)5-3-10/h2-8H,9H2,1H3,(H3,19,21,22)/b20-8+. The van der Waals surface area contributed by atoms with Crippen LogP contribution < -0.4 is 20.6 Å². The number of benzene rings is 2. The van der Waals surface area contributed by atoms with Crippen LogP contribution in [0.4, 0.5) is 4.79 Å². The van der Waals surface area contributed by atoms with Crippen molar-refractivity contribution in [2.24, 2.45) is 10.8 Å². The Morgan fingerprint density at radius 2 is 1.96 bits per heavy atom. The summed E-state index contributed by atoms with van der Waals surface area (Å²) in [5, 5.41) is 3.73. The van der Waals surface area contributed by atoms with Gasteiger partial charge in [0.25, 0.3) is 0 Å². The summed E-state index contributed by atoms with van der Waals surface area (Å²) in [6.07, 6.45) is 1.45. The first kappa shape index (κ1) is 18.3. The Morgan fingerprint density at radius 1 is 1.25 bits per heavy atom. The molecule has 2 aromatic rings. The van der Waals surface area contributed by atoms with Crippen molar-refractivity contribution < 1.29 is 14.3 Å². The molecular formula is C16H15Br2N3O3. The second-order valence-electron chi connectivity index (χ2n) is 4.67. The van der Waals surface area contributed by atoms with E-state index < -0.39 is 6.03 Å². The molecule has 0 saturated heterocycles. The molecule has 0 saturated carbocycles. The highest BCUT2D eigenvalue weighted by Gasteiger charge is 2.10. The lowest BCUT2D eigenvalue weighted by Gasteiger charge is -2.13. The second kappa shape index (κ2) is 8.70. The fourth-order valence-electron chi connectivity index (χ4n) is 1.83. The average molecular weight is 457 g/mol. The monoisotopic (exact) mass is 455 g/mol. The molecule has 0 heterocycles. The van der Waals surface area contributed by atoms with Crippen molar-refractivity contribution in [1.82, 2.24) is 5.43 Å². The van der Waals surface area contributed by atoms with Crippen molar-refractivity contribution in [3.05, 3.63) is 56.5 Å². The summed E-state index contributed by atoms with van der Waals surface area (Å²) in [5.74, 6) is 1.14. The first-order valence-corrected chi connectivity index (χ1v) is 8.41. The van der Waals surface area contributed by atoms with Gasteiger partial charge in [-0.2, -0.15) is 5.10 Å². The van der Waals surface area contributed by atoms with Crippen molar-refractivity contribution in [2.75, 3.05) is 7.11 Å². The van der Waals surface area contributed by atoms with Gasteiger partial charge in [-0.05, 0) is 45.8 Å². The van der Waals surface area contributed by atoms with Gasteiger partial charge >= 0.3 is 6.03 Å². The fraction of sp³-hybridized carbons (Fsp3) is 0.125. The molecule has 2 amide bonds. The number of ether oxygens (including phenoxy) is 2. The number of nitrogens with one attached hydrogen (secondary N) is 1. The predicted molar refractivity (Wildman–Crippen MR) is 99.5 cm³/mol. The molecule has 0 aliphatic rings. The van der Waals surface area contributed by atoms with E-state index in [0.717, 1.165) is 14.5 Å². The number of halogens is 2. The molecule has 2 aromatic carbocycles. The third-order valence-corrected chi connectivity index (χ3v) is 4.18. The smallest absolute Gasteiger partial charge is 0.332 e. The lowest BCUT2D eigenvalue weighted by atomic mass is 10.2. The summed E-state index contributed by atoms with van der Waals surface area (Å²) in [5.41, 5.74) is 8.83. The van der Waals surface area contributed by atoms with Gasteiger partial charge in [-0.25, -0.2) is 10.2 Å². The first-order valence-electron chi connectivity index (χ1n) is 6.83. The fourth-order valence-corrected chi connectivity index (χ4v) is 2.52. The Hall–Kier alpha value is -2.06. The van der Waals surface area contributed by atoms with Gasteiger partial charge in [0, 0.05) is 14.5 Å². The van der Waals surface area contributed by atoms with Crippen molar-refractivity contribution in [3.8, 4) is 11.5 Å². The van der Waals surface area contributed by atoms with Crippen LogP contribution in [0, 0.1) is 0 Å². The van der Waals surface area contributed by atoms with Crippen molar-refractivity contribution in [1.29, 1.82) is 0 Å². The van der Waals surface area contributed by atoms with Crippen LogP contribution in [0.3, 0.4) is 0 Å². The summed E-state index contributed by atoms with van der Waals surface area (Å²) < 4.78 is 12.9. The van der Waals surface area contributed by atoms with E-state index in [0.29, 0.717) is 23.7 Å². The normalized spacial score (nSPS) is 10.6. The topological polar surface area (TPSA) is 85.9 Å². The number of carbonyl (C=O) groups excluding carboxylic acids is 1. The Balaban J connectivity index is 2.15. The molecular weight excluding hydrogens is 442 g/mol. The van der Waals surface area contributed by atoms with E-state index in [1.54, 1.807) is 19.2 Å². The molecule has 0 aliphatic heterocycles. The zero-order chi connectivity index (χ0) is 17.5. The molecule has 3 N–H and O–H groups in total. The molecule has 6 nitrogen and oxygen atoms in total. The van der Waals surface area contributed by atoms with E-state index in [9.17, 15) is 4.79 Å². The lowest BCUT2D eigenvalue weighted by Crippen LogP contribution is -2.24. The number of hydrogen-bond acceptors (Lipinski definition) is 4. The number of rotatable bonds is 6.